The van der Waals surface area contributed by atoms with Gasteiger partial charge in [0.1, 0.15) is 12.2 Å². The minimum Gasteiger partial charge on any atom is -0.442 e. The summed E-state index contributed by atoms with van der Waals surface area (Å²) in [5.74, 6) is 0.342. The van der Waals surface area contributed by atoms with Gasteiger partial charge in [-0.1, -0.05) is 23.7 Å². The van der Waals surface area contributed by atoms with E-state index in [0.717, 1.165) is 18.6 Å². The van der Waals surface area contributed by atoms with Gasteiger partial charge in [-0.05, 0) is 30.5 Å². The number of carbonyl (C=O) groups is 1. The summed E-state index contributed by atoms with van der Waals surface area (Å²) in [6, 6.07) is 7.41. The van der Waals surface area contributed by atoms with E-state index >= 15 is 0 Å². The van der Waals surface area contributed by atoms with Gasteiger partial charge in [-0.2, -0.15) is 0 Å². The molecule has 0 bridgehead atoms. The maximum absolute atomic E-state index is 12.0. The second-order valence-electron chi connectivity index (χ2n) is 6.39. The largest absolute Gasteiger partial charge is 0.442 e. The number of hydrogen-bond donors (Lipinski definition) is 3. The maximum Gasteiger partial charge on any atom is 0.407 e. The van der Waals surface area contributed by atoms with E-state index < -0.39 is 18.3 Å². The molecule has 0 radical (unpaired) electrons. The summed E-state index contributed by atoms with van der Waals surface area (Å²) in [5.41, 5.74) is 1.07. The number of β-amino-alcohol motifs (C(OH)–C–C–N with tert-alkyl or cyclic N) is 1. The molecular formula is C17H23ClN2O4. The predicted molar refractivity (Wildman–Crippen MR) is 90.2 cm³/mol. The molecule has 2 aliphatic heterocycles. The molecule has 1 amide bonds. The second-order valence-corrected chi connectivity index (χ2v) is 6.83. The molecule has 2 heterocycles. The summed E-state index contributed by atoms with van der Waals surface area (Å²) < 4.78 is 10.7. The van der Waals surface area contributed by atoms with Crippen molar-refractivity contribution in [3.05, 3.63) is 34.9 Å². The lowest BCUT2D eigenvalue weighted by atomic mass is 10.0. The van der Waals surface area contributed by atoms with Crippen molar-refractivity contribution < 1.29 is 19.4 Å². The van der Waals surface area contributed by atoms with Gasteiger partial charge in [-0.25, -0.2) is 4.79 Å². The summed E-state index contributed by atoms with van der Waals surface area (Å²) in [5, 5.41) is 16.8. The molecule has 132 valence electrons. The van der Waals surface area contributed by atoms with Crippen LogP contribution in [0.1, 0.15) is 12.0 Å². The molecule has 0 aromatic heterocycles. The Balaban J connectivity index is 1.51. The number of benzene rings is 1. The Morgan fingerprint density at radius 1 is 1.42 bits per heavy atom. The normalized spacial score (nSPS) is 29.6. The topological polar surface area (TPSA) is 79.8 Å². The first-order chi connectivity index (χ1) is 11.6. The molecule has 1 aromatic carbocycles. The van der Waals surface area contributed by atoms with Crippen molar-refractivity contribution in [3.8, 4) is 0 Å². The number of alkyl carbamates (subject to hydrolysis) is 1. The van der Waals surface area contributed by atoms with Crippen molar-refractivity contribution in [2.45, 2.75) is 31.1 Å². The van der Waals surface area contributed by atoms with Crippen molar-refractivity contribution >= 4 is 17.7 Å². The van der Waals surface area contributed by atoms with Crippen LogP contribution in [-0.2, 0) is 15.9 Å². The van der Waals surface area contributed by atoms with Gasteiger partial charge in [-0.3, -0.25) is 0 Å². The zero-order valence-electron chi connectivity index (χ0n) is 13.4. The molecule has 3 rings (SSSR count). The number of ether oxygens (including phenoxy) is 2. The molecule has 0 spiro atoms. The molecule has 1 aromatic rings. The molecule has 3 N–H and O–H groups in total. The van der Waals surface area contributed by atoms with E-state index in [4.69, 9.17) is 21.1 Å². The zero-order valence-corrected chi connectivity index (χ0v) is 14.2. The van der Waals surface area contributed by atoms with Crippen LogP contribution in [0.25, 0.3) is 0 Å². The van der Waals surface area contributed by atoms with E-state index in [0.29, 0.717) is 37.1 Å². The van der Waals surface area contributed by atoms with Gasteiger partial charge in [0.25, 0.3) is 0 Å². The number of aliphatic hydroxyl groups excluding tert-OH is 1. The van der Waals surface area contributed by atoms with Gasteiger partial charge in [0, 0.05) is 30.6 Å². The summed E-state index contributed by atoms with van der Waals surface area (Å²) in [6.07, 6.45) is -0.158. The van der Waals surface area contributed by atoms with Gasteiger partial charge in [0.2, 0.25) is 0 Å². The van der Waals surface area contributed by atoms with Crippen molar-refractivity contribution in [1.82, 2.24) is 10.6 Å². The maximum atomic E-state index is 12.0. The van der Waals surface area contributed by atoms with Gasteiger partial charge < -0.3 is 25.2 Å². The van der Waals surface area contributed by atoms with Gasteiger partial charge >= 0.3 is 6.09 Å². The number of rotatable bonds is 5. The summed E-state index contributed by atoms with van der Waals surface area (Å²) >= 11 is 5.90. The first kappa shape index (κ1) is 17.5. The third-order valence-electron chi connectivity index (χ3n) is 4.54. The highest BCUT2D eigenvalue weighted by atomic mass is 35.5. The average molecular weight is 355 g/mol. The fourth-order valence-electron chi connectivity index (χ4n) is 3.13. The van der Waals surface area contributed by atoms with Crippen LogP contribution < -0.4 is 10.6 Å². The third kappa shape index (κ3) is 4.60. The molecule has 2 fully saturated rings. The lowest BCUT2D eigenvalue weighted by Crippen LogP contribution is -2.42. The highest BCUT2D eigenvalue weighted by Gasteiger charge is 2.37. The number of aliphatic hydroxyl groups is 1. The van der Waals surface area contributed by atoms with Crippen LogP contribution in [0.4, 0.5) is 4.79 Å². The van der Waals surface area contributed by atoms with E-state index in [9.17, 15) is 9.90 Å². The summed E-state index contributed by atoms with van der Waals surface area (Å²) in [7, 11) is 0. The number of amides is 1. The minimum absolute atomic E-state index is 0.123. The quantitative estimate of drug-likeness (QED) is 0.743. The van der Waals surface area contributed by atoms with Crippen LogP contribution in [0, 0.1) is 5.92 Å². The number of carbonyl (C=O) groups excluding carboxylic acids is 1. The Hall–Kier alpha value is -1.34. The van der Waals surface area contributed by atoms with E-state index in [1.165, 1.54) is 0 Å². The standard InChI is InChI=1S/C17H23ClN2O4/c18-13-3-1-11(2-4-13)7-14-16(15(21)9-19-14)24-17(22)20-8-12-5-6-23-10-12/h1-4,12,14-16,19,21H,5-10H2,(H,20,22)/t12-,14?,15?,16?/m0/s1. The fourth-order valence-corrected chi connectivity index (χ4v) is 3.26. The lowest BCUT2D eigenvalue weighted by Gasteiger charge is -2.22. The molecule has 0 aliphatic carbocycles. The van der Waals surface area contributed by atoms with E-state index in [1.807, 2.05) is 24.3 Å². The van der Waals surface area contributed by atoms with Crippen LogP contribution in [0.2, 0.25) is 5.02 Å². The molecule has 6 nitrogen and oxygen atoms in total. The third-order valence-corrected chi connectivity index (χ3v) is 4.79. The molecule has 0 saturated carbocycles. The minimum atomic E-state index is -0.706. The van der Waals surface area contributed by atoms with E-state index in [-0.39, 0.29) is 6.04 Å². The highest BCUT2D eigenvalue weighted by molar-refractivity contribution is 6.30. The van der Waals surface area contributed by atoms with Crippen LogP contribution in [0.3, 0.4) is 0 Å². The molecule has 3 unspecified atom stereocenters. The average Bonchev–Trinajstić information content (AvgIpc) is 3.20. The second kappa shape index (κ2) is 8.16. The van der Waals surface area contributed by atoms with E-state index in [2.05, 4.69) is 10.6 Å². The van der Waals surface area contributed by atoms with Gasteiger partial charge in [-0.15, -0.1) is 0 Å². The van der Waals surface area contributed by atoms with Crippen LogP contribution in [0.15, 0.2) is 24.3 Å². The number of halogens is 1. The molecule has 2 aliphatic rings. The monoisotopic (exact) mass is 354 g/mol. The van der Waals surface area contributed by atoms with Gasteiger partial charge in [0.05, 0.1) is 12.6 Å². The summed E-state index contributed by atoms with van der Waals surface area (Å²) in [4.78, 5) is 12.0. The molecule has 4 atom stereocenters. The van der Waals surface area contributed by atoms with E-state index in [1.54, 1.807) is 0 Å². The molecule has 24 heavy (non-hydrogen) atoms. The fraction of sp³-hybridized carbons (Fsp3) is 0.588. The van der Waals surface area contributed by atoms with Crippen molar-refractivity contribution in [1.29, 1.82) is 0 Å². The van der Waals surface area contributed by atoms with Crippen LogP contribution in [0.5, 0.6) is 0 Å². The zero-order chi connectivity index (χ0) is 16.9. The van der Waals surface area contributed by atoms with Crippen LogP contribution in [-0.4, -0.2) is 55.8 Å². The molecular weight excluding hydrogens is 332 g/mol. The van der Waals surface area contributed by atoms with Crippen molar-refractivity contribution in [2.24, 2.45) is 5.92 Å². The molecule has 7 heteroatoms. The smallest absolute Gasteiger partial charge is 0.407 e. The first-order valence-electron chi connectivity index (χ1n) is 8.30. The summed E-state index contributed by atoms with van der Waals surface area (Å²) in [6.45, 7) is 2.37. The Bertz CT molecular complexity index is 548. The van der Waals surface area contributed by atoms with Crippen LogP contribution >= 0.6 is 11.6 Å². The Kier molecular flexibility index (Phi) is 5.94. The van der Waals surface area contributed by atoms with Crippen molar-refractivity contribution in [3.63, 3.8) is 0 Å². The van der Waals surface area contributed by atoms with Gasteiger partial charge in [0.15, 0.2) is 0 Å². The SMILES string of the molecule is O=C(NC[C@@H]1CCOC1)OC1C(O)CNC1Cc1ccc(Cl)cc1. The van der Waals surface area contributed by atoms with Crippen molar-refractivity contribution in [2.75, 3.05) is 26.3 Å². The number of nitrogens with one attached hydrogen (secondary N) is 2. The highest BCUT2D eigenvalue weighted by Crippen LogP contribution is 2.19. The Morgan fingerprint density at radius 2 is 2.21 bits per heavy atom. The predicted octanol–water partition coefficient (Wildman–Crippen LogP) is 1.35. The number of hydrogen-bond acceptors (Lipinski definition) is 5. The molecule has 2 saturated heterocycles. The Morgan fingerprint density at radius 3 is 2.92 bits per heavy atom. The first-order valence-corrected chi connectivity index (χ1v) is 8.68. The Labute approximate surface area is 146 Å². The lowest BCUT2D eigenvalue weighted by molar-refractivity contribution is 0.0185.